The summed E-state index contributed by atoms with van der Waals surface area (Å²) < 4.78 is 26.4. The number of carbonyl (C=O) groups is 1. The molecule has 0 saturated carbocycles. The van der Waals surface area contributed by atoms with Crippen LogP contribution in [0.1, 0.15) is 6.92 Å². The zero-order chi connectivity index (χ0) is 12.4. The minimum absolute atomic E-state index is 0.0813. The van der Waals surface area contributed by atoms with Crippen molar-refractivity contribution >= 4 is 22.4 Å². The highest BCUT2D eigenvalue weighted by Gasteiger charge is 2.11. The van der Waals surface area contributed by atoms with Gasteiger partial charge in [-0.25, -0.2) is 13.8 Å². The van der Waals surface area contributed by atoms with Crippen molar-refractivity contribution in [3.63, 3.8) is 0 Å². The lowest BCUT2D eigenvalue weighted by Crippen LogP contribution is -2.05. The molecule has 0 aliphatic carbocycles. The van der Waals surface area contributed by atoms with E-state index in [0.717, 1.165) is 29.5 Å². The maximum atomic E-state index is 13.4. The average Bonchev–Trinajstić information content (AvgIpc) is 2.69. The lowest BCUT2D eigenvalue weighted by atomic mass is 10.1. The summed E-state index contributed by atoms with van der Waals surface area (Å²) in [5, 5.41) is 4.40. The topological polar surface area (TPSA) is 42.0 Å². The minimum Gasteiger partial charge on any atom is -0.302 e. The van der Waals surface area contributed by atoms with E-state index in [1.807, 2.05) is 0 Å². The summed E-state index contributed by atoms with van der Waals surface area (Å²) in [6.45, 7) is 1.35. The normalized spacial score (nSPS) is 10.3. The number of amides is 1. The molecule has 3 nitrogen and oxygen atoms in total. The second-order valence-corrected chi connectivity index (χ2v) is 4.20. The third kappa shape index (κ3) is 2.65. The first-order chi connectivity index (χ1) is 8.06. The first kappa shape index (κ1) is 11.7. The van der Waals surface area contributed by atoms with Crippen LogP contribution in [0, 0.1) is 11.6 Å². The second-order valence-electron chi connectivity index (χ2n) is 3.34. The molecule has 17 heavy (non-hydrogen) atoms. The number of benzene rings is 1. The van der Waals surface area contributed by atoms with E-state index in [9.17, 15) is 13.6 Å². The highest BCUT2D eigenvalue weighted by atomic mass is 32.1. The number of halogens is 2. The molecule has 0 saturated heterocycles. The molecule has 1 aromatic heterocycles. The molecule has 6 heteroatoms. The van der Waals surface area contributed by atoms with Gasteiger partial charge < -0.3 is 5.32 Å². The van der Waals surface area contributed by atoms with Gasteiger partial charge in [-0.15, -0.1) is 11.3 Å². The first-order valence-electron chi connectivity index (χ1n) is 4.75. The number of nitrogens with zero attached hydrogens (tertiary/aromatic N) is 1. The Bertz CT molecular complexity index is 568. The van der Waals surface area contributed by atoms with Crippen molar-refractivity contribution in [1.82, 2.24) is 4.98 Å². The summed E-state index contributed by atoms with van der Waals surface area (Å²) >= 11 is 1.16. The number of hydrogen-bond acceptors (Lipinski definition) is 3. The van der Waals surface area contributed by atoms with E-state index < -0.39 is 11.6 Å². The van der Waals surface area contributed by atoms with Crippen LogP contribution in [0.3, 0.4) is 0 Å². The number of thiazole rings is 1. The zero-order valence-electron chi connectivity index (χ0n) is 8.83. The van der Waals surface area contributed by atoms with Gasteiger partial charge in [0, 0.05) is 17.9 Å². The molecule has 0 atom stereocenters. The molecule has 0 aliphatic rings. The lowest BCUT2D eigenvalue weighted by Gasteiger charge is -1.99. The predicted octanol–water partition coefficient (Wildman–Crippen LogP) is 3.05. The number of aromatic nitrogens is 1. The van der Waals surface area contributed by atoms with Gasteiger partial charge in [0.2, 0.25) is 5.91 Å². The largest absolute Gasteiger partial charge is 0.302 e. The van der Waals surface area contributed by atoms with Crippen molar-refractivity contribution in [2.45, 2.75) is 6.92 Å². The van der Waals surface area contributed by atoms with Gasteiger partial charge in [-0.1, -0.05) is 0 Å². The fourth-order valence-corrected chi connectivity index (χ4v) is 2.06. The van der Waals surface area contributed by atoms with Crippen LogP contribution in [0.4, 0.5) is 13.9 Å². The van der Waals surface area contributed by atoms with E-state index in [-0.39, 0.29) is 11.5 Å². The Morgan fingerprint density at radius 1 is 1.41 bits per heavy atom. The summed E-state index contributed by atoms with van der Waals surface area (Å²) in [5.41, 5.74) is 0.383. The molecule has 1 aromatic carbocycles. The maximum Gasteiger partial charge on any atom is 0.223 e. The highest BCUT2D eigenvalue weighted by Crippen LogP contribution is 2.27. The third-order valence-corrected chi connectivity index (χ3v) is 2.75. The molecule has 1 N–H and O–H groups in total. The van der Waals surface area contributed by atoms with Crippen LogP contribution in [0.15, 0.2) is 23.6 Å². The van der Waals surface area contributed by atoms with Crippen LogP contribution in [0.5, 0.6) is 0 Å². The number of rotatable bonds is 2. The number of carbonyl (C=O) groups excluding carboxylic acids is 1. The average molecular weight is 254 g/mol. The molecule has 1 amide bonds. The third-order valence-electron chi connectivity index (χ3n) is 1.99. The van der Waals surface area contributed by atoms with Crippen molar-refractivity contribution in [2.75, 3.05) is 5.32 Å². The van der Waals surface area contributed by atoms with Gasteiger partial charge in [-0.3, -0.25) is 4.79 Å². The van der Waals surface area contributed by atoms with Crippen molar-refractivity contribution in [1.29, 1.82) is 0 Å². The maximum absolute atomic E-state index is 13.4. The molecule has 2 aromatic rings. The summed E-state index contributed by atoms with van der Waals surface area (Å²) in [7, 11) is 0. The Morgan fingerprint density at radius 2 is 2.18 bits per heavy atom. The molecule has 88 valence electrons. The minimum atomic E-state index is -0.550. The van der Waals surface area contributed by atoms with E-state index >= 15 is 0 Å². The van der Waals surface area contributed by atoms with Gasteiger partial charge in [0.25, 0.3) is 0 Å². The molecule has 0 unspecified atom stereocenters. The summed E-state index contributed by atoms with van der Waals surface area (Å²) in [6.07, 6.45) is 0. The molecule has 0 radical (unpaired) electrons. The van der Waals surface area contributed by atoms with Gasteiger partial charge in [-0.2, -0.15) is 0 Å². The molecule has 0 spiro atoms. The quantitative estimate of drug-likeness (QED) is 0.895. The number of anilines is 1. The summed E-state index contributed by atoms with van der Waals surface area (Å²) in [4.78, 5) is 14.8. The van der Waals surface area contributed by atoms with Gasteiger partial charge in [0.1, 0.15) is 11.6 Å². The predicted molar refractivity (Wildman–Crippen MR) is 61.8 cm³/mol. The lowest BCUT2D eigenvalue weighted by molar-refractivity contribution is -0.114. The molecular weight excluding hydrogens is 246 g/mol. The van der Waals surface area contributed by atoms with Crippen LogP contribution in [0.25, 0.3) is 11.3 Å². The van der Waals surface area contributed by atoms with Crippen LogP contribution >= 0.6 is 11.3 Å². The van der Waals surface area contributed by atoms with E-state index in [1.165, 1.54) is 6.92 Å². The number of nitrogens with one attached hydrogen (secondary N) is 1. The van der Waals surface area contributed by atoms with Crippen molar-refractivity contribution in [2.24, 2.45) is 0 Å². The van der Waals surface area contributed by atoms with E-state index in [0.29, 0.717) is 10.8 Å². The molecular formula is C11H8F2N2OS. The Kier molecular flexibility index (Phi) is 3.14. The Labute approximate surface area is 100 Å². The Hall–Kier alpha value is -1.82. The fraction of sp³-hybridized carbons (Fsp3) is 0.0909. The van der Waals surface area contributed by atoms with E-state index in [2.05, 4.69) is 10.3 Å². The van der Waals surface area contributed by atoms with Crippen LogP contribution < -0.4 is 5.32 Å². The summed E-state index contributed by atoms with van der Waals surface area (Å²) in [5.74, 6) is -1.34. The molecule has 0 fully saturated rings. The second kappa shape index (κ2) is 4.58. The van der Waals surface area contributed by atoms with Gasteiger partial charge in [0.05, 0.1) is 5.69 Å². The van der Waals surface area contributed by atoms with E-state index in [4.69, 9.17) is 0 Å². The standard InChI is InChI=1S/C11H8F2N2OS/c1-6(16)14-11-15-10(5-17-11)8-4-7(12)2-3-9(8)13/h2-5H,1H3,(H,14,15,16). The van der Waals surface area contributed by atoms with Crippen molar-refractivity contribution < 1.29 is 13.6 Å². The van der Waals surface area contributed by atoms with Gasteiger partial charge in [-0.05, 0) is 18.2 Å². The first-order valence-corrected chi connectivity index (χ1v) is 5.63. The van der Waals surface area contributed by atoms with Crippen LogP contribution in [0.2, 0.25) is 0 Å². The van der Waals surface area contributed by atoms with Gasteiger partial charge >= 0.3 is 0 Å². The highest BCUT2D eigenvalue weighted by molar-refractivity contribution is 7.14. The Morgan fingerprint density at radius 3 is 2.88 bits per heavy atom. The SMILES string of the molecule is CC(=O)Nc1nc(-c2cc(F)ccc2F)cs1. The summed E-state index contributed by atoms with van der Waals surface area (Å²) in [6, 6.07) is 3.16. The smallest absolute Gasteiger partial charge is 0.223 e. The monoisotopic (exact) mass is 254 g/mol. The van der Waals surface area contributed by atoms with E-state index in [1.54, 1.807) is 5.38 Å². The molecule has 0 aliphatic heterocycles. The molecule has 0 bridgehead atoms. The Balaban J connectivity index is 2.36. The molecule has 2 rings (SSSR count). The van der Waals surface area contributed by atoms with Crippen LogP contribution in [-0.4, -0.2) is 10.9 Å². The molecule has 1 heterocycles. The van der Waals surface area contributed by atoms with Gasteiger partial charge in [0.15, 0.2) is 5.13 Å². The number of hydrogen-bond donors (Lipinski definition) is 1. The zero-order valence-corrected chi connectivity index (χ0v) is 9.65. The fourth-order valence-electron chi connectivity index (χ4n) is 1.30. The van der Waals surface area contributed by atoms with Crippen LogP contribution in [-0.2, 0) is 4.79 Å². The van der Waals surface area contributed by atoms with Crippen molar-refractivity contribution in [3.05, 3.63) is 35.2 Å². The van der Waals surface area contributed by atoms with Crippen molar-refractivity contribution in [3.8, 4) is 11.3 Å².